The van der Waals surface area contributed by atoms with Crippen molar-refractivity contribution in [2.45, 2.75) is 19.1 Å². The Kier molecular flexibility index (Phi) is 4.98. The van der Waals surface area contributed by atoms with Gasteiger partial charge in [0.15, 0.2) is 0 Å². The van der Waals surface area contributed by atoms with Gasteiger partial charge in [0.05, 0.1) is 24.3 Å². The molecule has 3 aromatic rings. The predicted molar refractivity (Wildman–Crippen MR) is 102 cm³/mol. The molecule has 8 nitrogen and oxygen atoms in total. The first-order valence-corrected chi connectivity index (χ1v) is 9.08. The molecule has 1 saturated heterocycles. The highest BCUT2D eigenvalue weighted by atomic mass is 19.1. The summed E-state index contributed by atoms with van der Waals surface area (Å²) in [5.74, 6) is -0.263. The minimum atomic E-state index is -0.381. The predicted octanol–water partition coefficient (Wildman–Crippen LogP) is 2.11. The van der Waals surface area contributed by atoms with Gasteiger partial charge in [-0.05, 0) is 25.1 Å². The van der Waals surface area contributed by atoms with Gasteiger partial charge in [0.1, 0.15) is 23.8 Å². The summed E-state index contributed by atoms with van der Waals surface area (Å²) in [6.07, 6.45) is 1.45. The third-order valence-electron chi connectivity index (χ3n) is 4.68. The molecule has 0 saturated carbocycles. The van der Waals surface area contributed by atoms with Crippen molar-refractivity contribution in [1.82, 2.24) is 25.3 Å². The van der Waals surface area contributed by atoms with E-state index in [-0.39, 0.29) is 23.9 Å². The minimum Gasteiger partial charge on any atom is -0.471 e. The Morgan fingerprint density at radius 1 is 1.31 bits per heavy atom. The molecule has 29 heavy (non-hydrogen) atoms. The van der Waals surface area contributed by atoms with Crippen LogP contribution in [0.3, 0.4) is 0 Å². The zero-order valence-corrected chi connectivity index (χ0v) is 16.1. The second-order valence-corrected chi connectivity index (χ2v) is 7.17. The Balaban J connectivity index is 1.44. The number of carbonyl (C=O) groups is 1. The summed E-state index contributed by atoms with van der Waals surface area (Å²) in [6.45, 7) is 3.02. The van der Waals surface area contributed by atoms with Crippen LogP contribution >= 0.6 is 0 Å². The number of carbonyl (C=O) groups excluding carboxylic acids is 1. The van der Waals surface area contributed by atoms with Crippen LogP contribution in [-0.4, -0.2) is 44.6 Å². The Labute approximate surface area is 166 Å². The number of pyridine rings is 1. The fourth-order valence-electron chi connectivity index (χ4n) is 2.97. The van der Waals surface area contributed by atoms with Gasteiger partial charge < -0.3 is 14.8 Å². The molecule has 1 aliphatic heterocycles. The standard InChI is InChI=1S/C20H20FN5O3/c1-20(11-28-12-20)23-19(27)13-7-8-17(22-9-13)29-10-16-18(24-25-26(16)2)14-5-3-4-6-15(14)21/h3-9H,10-12H2,1-2H3,(H,23,27). The van der Waals surface area contributed by atoms with Crippen LogP contribution in [-0.2, 0) is 18.4 Å². The van der Waals surface area contributed by atoms with Gasteiger partial charge in [0.2, 0.25) is 5.88 Å². The maximum Gasteiger partial charge on any atom is 0.253 e. The summed E-state index contributed by atoms with van der Waals surface area (Å²) >= 11 is 0. The highest BCUT2D eigenvalue weighted by Gasteiger charge is 2.35. The summed E-state index contributed by atoms with van der Waals surface area (Å²) in [4.78, 5) is 16.5. The number of amides is 1. The van der Waals surface area contributed by atoms with E-state index in [4.69, 9.17) is 9.47 Å². The van der Waals surface area contributed by atoms with Gasteiger partial charge in [-0.15, -0.1) is 5.10 Å². The third-order valence-corrected chi connectivity index (χ3v) is 4.68. The number of hydrogen-bond donors (Lipinski definition) is 1. The highest BCUT2D eigenvalue weighted by molar-refractivity contribution is 5.94. The lowest BCUT2D eigenvalue weighted by Gasteiger charge is -2.38. The number of aromatic nitrogens is 4. The number of nitrogens with zero attached hydrogens (tertiary/aromatic N) is 4. The van der Waals surface area contributed by atoms with Gasteiger partial charge in [0, 0.05) is 24.9 Å². The number of nitrogens with one attached hydrogen (secondary N) is 1. The van der Waals surface area contributed by atoms with Crippen molar-refractivity contribution in [3.05, 3.63) is 59.7 Å². The number of hydrogen-bond acceptors (Lipinski definition) is 6. The van der Waals surface area contributed by atoms with Gasteiger partial charge in [-0.25, -0.2) is 14.1 Å². The van der Waals surface area contributed by atoms with Crippen molar-refractivity contribution >= 4 is 5.91 Å². The maximum absolute atomic E-state index is 14.1. The molecule has 1 N–H and O–H groups in total. The average Bonchev–Trinajstić information content (AvgIpc) is 3.06. The molecule has 0 unspecified atom stereocenters. The Morgan fingerprint density at radius 3 is 2.76 bits per heavy atom. The zero-order chi connectivity index (χ0) is 20.4. The van der Waals surface area contributed by atoms with Crippen LogP contribution in [0.5, 0.6) is 5.88 Å². The number of aryl methyl sites for hydroxylation is 1. The SMILES string of the molecule is Cn1nnc(-c2ccccc2F)c1COc1ccc(C(=O)NC2(C)COC2)cn1. The van der Waals surface area contributed by atoms with Crippen LogP contribution < -0.4 is 10.1 Å². The molecule has 1 fully saturated rings. The topological polar surface area (TPSA) is 91.2 Å². The third kappa shape index (κ3) is 3.95. The van der Waals surface area contributed by atoms with Crippen LogP contribution in [0.4, 0.5) is 4.39 Å². The van der Waals surface area contributed by atoms with E-state index < -0.39 is 0 Å². The molecule has 0 aliphatic carbocycles. The van der Waals surface area contributed by atoms with Gasteiger partial charge in [-0.3, -0.25) is 4.79 Å². The van der Waals surface area contributed by atoms with Gasteiger partial charge in [-0.1, -0.05) is 17.3 Å². The summed E-state index contributed by atoms with van der Waals surface area (Å²) < 4.78 is 26.5. The molecule has 0 spiro atoms. The molecule has 150 valence electrons. The van der Waals surface area contributed by atoms with Crippen molar-refractivity contribution in [2.24, 2.45) is 7.05 Å². The molecular formula is C20H20FN5O3. The number of rotatable bonds is 6. The summed E-state index contributed by atoms with van der Waals surface area (Å²) in [6, 6.07) is 9.61. The Bertz CT molecular complexity index is 1030. The smallest absolute Gasteiger partial charge is 0.253 e. The molecule has 0 bridgehead atoms. The van der Waals surface area contributed by atoms with E-state index in [1.165, 1.54) is 16.9 Å². The molecular weight excluding hydrogens is 377 g/mol. The minimum absolute atomic E-state index is 0.0983. The Morgan fingerprint density at radius 2 is 2.10 bits per heavy atom. The summed E-state index contributed by atoms with van der Waals surface area (Å²) in [5, 5.41) is 10.9. The lowest BCUT2D eigenvalue weighted by atomic mass is 10.0. The highest BCUT2D eigenvalue weighted by Crippen LogP contribution is 2.24. The number of halogens is 1. The van der Waals surface area contributed by atoms with Crippen LogP contribution in [0.25, 0.3) is 11.3 Å². The molecule has 1 aliphatic rings. The molecule has 9 heteroatoms. The largest absolute Gasteiger partial charge is 0.471 e. The lowest BCUT2D eigenvalue weighted by molar-refractivity contribution is -0.0593. The molecule has 4 rings (SSSR count). The van der Waals surface area contributed by atoms with Crippen LogP contribution in [0.2, 0.25) is 0 Å². The molecule has 0 radical (unpaired) electrons. The second kappa shape index (κ2) is 7.59. The summed E-state index contributed by atoms with van der Waals surface area (Å²) in [7, 11) is 1.71. The molecule has 2 aromatic heterocycles. The molecule has 0 atom stereocenters. The first-order chi connectivity index (χ1) is 14.0. The first kappa shape index (κ1) is 19.0. The monoisotopic (exact) mass is 397 g/mol. The van der Waals surface area contributed by atoms with Crippen molar-refractivity contribution in [3.63, 3.8) is 0 Å². The fourth-order valence-corrected chi connectivity index (χ4v) is 2.97. The second-order valence-electron chi connectivity index (χ2n) is 7.17. The number of ether oxygens (including phenoxy) is 2. The van der Waals surface area contributed by atoms with E-state index in [0.29, 0.717) is 41.6 Å². The van der Waals surface area contributed by atoms with Gasteiger partial charge >= 0.3 is 0 Å². The zero-order valence-electron chi connectivity index (χ0n) is 16.1. The maximum atomic E-state index is 14.1. The van der Waals surface area contributed by atoms with Crippen molar-refractivity contribution in [2.75, 3.05) is 13.2 Å². The van der Waals surface area contributed by atoms with E-state index in [9.17, 15) is 9.18 Å². The average molecular weight is 397 g/mol. The molecule has 1 aromatic carbocycles. The van der Waals surface area contributed by atoms with E-state index in [1.807, 2.05) is 6.92 Å². The molecule has 1 amide bonds. The van der Waals surface area contributed by atoms with Crippen molar-refractivity contribution < 1.29 is 18.7 Å². The van der Waals surface area contributed by atoms with E-state index in [2.05, 4.69) is 20.6 Å². The van der Waals surface area contributed by atoms with Crippen LogP contribution in [0.15, 0.2) is 42.6 Å². The quantitative estimate of drug-likeness (QED) is 0.685. The van der Waals surface area contributed by atoms with Crippen LogP contribution in [0.1, 0.15) is 23.0 Å². The fraction of sp³-hybridized carbons (Fsp3) is 0.300. The first-order valence-electron chi connectivity index (χ1n) is 9.08. The van der Waals surface area contributed by atoms with Crippen molar-refractivity contribution in [3.8, 4) is 17.1 Å². The summed E-state index contributed by atoms with van der Waals surface area (Å²) in [5.41, 5.74) is 1.48. The number of benzene rings is 1. The van der Waals surface area contributed by atoms with E-state index in [0.717, 1.165) is 0 Å². The Hall–Kier alpha value is -3.33. The van der Waals surface area contributed by atoms with Crippen LogP contribution in [0, 0.1) is 5.82 Å². The van der Waals surface area contributed by atoms with Gasteiger partial charge in [0.25, 0.3) is 5.91 Å². The molecule has 3 heterocycles. The van der Waals surface area contributed by atoms with Crippen molar-refractivity contribution in [1.29, 1.82) is 0 Å². The normalized spacial score (nSPS) is 14.9. The van der Waals surface area contributed by atoms with E-state index in [1.54, 1.807) is 37.4 Å². The van der Waals surface area contributed by atoms with E-state index >= 15 is 0 Å². The lowest BCUT2D eigenvalue weighted by Crippen LogP contribution is -2.59. The van der Waals surface area contributed by atoms with Gasteiger partial charge in [-0.2, -0.15) is 0 Å².